The van der Waals surface area contributed by atoms with E-state index in [1.807, 2.05) is 6.92 Å². The first-order valence-electron chi connectivity index (χ1n) is 5.73. The van der Waals surface area contributed by atoms with Gasteiger partial charge in [-0.2, -0.15) is 0 Å². The van der Waals surface area contributed by atoms with E-state index in [1.165, 1.54) is 0 Å². The normalized spacial score (nSPS) is 11.8. The highest BCUT2D eigenvalue weighted by Crippen LogP contribution is 2.30. The zero-order valence-electron chi connectivity index (χ0n) is 10.3. The van der Waals surface area contributed by atoms with Gasteiger partial charge >= 0.3 is 0 Å². The van der Waals surface area contributed by atoms with E-state index in [-0.39, 0.29) is 21.5 Å². The Labute approximate surface area is 122 Å². The van der Waals surface area contributed by atoms with Gasteiger partial charge in [-0.25, -0.2) is 17.5 Å². The molecule has 0 saturated heterocycles. The van der Waals surface area contributed by atoms with Crippen molar-refractivity contribution in [3.05, 3.63) is 28.0 Å². The van der Waals surface area contributed by atoms with E-state index in [4.69, 9.17) is 23.2 Å². The van der Waals surface area contributed by atoms with Crippen molar-refractivity contribution >= 4 is 33.2 Å². The maximum Gasteiger partial charge on any atom is 0.243 e. The number of hydrogen-bond donors (Lipinski definition) is 2. The Kier molecular flexibility index (Phi) is 6.49. The smallest absolute Gasteiger partial charge is 0.243 e. The first-order chi connectivity index (χ1) is 8.88. The van der Waals surface area contributed by atoms with Gasteiger partial charge in [-0.3, -0.25) is 0 Å². The second-order valence-electron chi connectivity index (χ2n) is 3.85. The van der Waals surface area contributed by atoms with Gasteiger partial charge in [0.25, 0.3) is 0 Å². The molecule has 2 N–H and O–H groups in total. The summed E-state index contributed by atoms with van der Waals surface area (Å²) in [4.78, 5) is -0.298. The predicted octanol–water partition coefficient (Wildman–Crippen LogP) is 2.41. The quantitative estimate of drug-likeness (QED) is 0.756. The van der Waals surface area contributed by atoms with Crippen molar-refractivity contribution in [1.29, 1.82) is 0 Å². The van der Waals surface area contributed by atoms with E-state index in [1.54, 1.807) is 0 Å². The highest BCUT2D eigenvalue weighted by Gasteiger charge is 2.22. The summed E-state index contributed by atoms with van der Waals surface area (Å²) in [5.41, 5.74) is 0. The van der Waals surface area contributed by atoms with Crippen molar-refractivity contribution in [1.82, 2.24) is 10.0 Å². The number of rotatable bonds is 7. The van der Waals surface area contributed by atoms with Gasteiger partial charge in [0.2, 0.25) is 10.0 Å². The second-order valence-corrected chi connectivity index (χ2v) is 6.36. The van der Waals surface area contributed by atoms with Crippen LogP contribution in [0, 0.1) is 5.82 Å². The molecule has 0 unspecified atom stereocenters. The van der Waals surface area contributed by atoms with Crippen LogP contribution in [0.15, 0.2) is 17.0 Å². The van der Waals surface area contributed by atoms with Crippen molar-refractivity contribution in [2.75, 3.05) is 19.6 Å². The highest BCUT2D eigenvalue weighted by molar-refractivity contribution is 7.89. The highest BCUT2D eigenvalue weighted by atomic mass is 35.5. The standard InChI is InChI=1S/C11H15Cl2FN2O2S/c1-2-3-15-4-5-16-19(17,18)11-9(12)6-8(14)7-10(11)13/h6-7,15-16H,2-5H2,1H3. The predicted molar refractivity (Wildman–Crippen MR) is 74.8 cm³/mol. The molecule has 108 valence electrons. The molecule has 0 amide bonds. The molecular formula is C11H15Cl2FN2O2S. The zero-order valence-corrected chi connectivity index (χ0v) is 12.7. The van der Waals surface area contributed by atoms with Gasteiger partial charge in [0.15, 0.2) is 0 Å². The zero-order chi connectivity index (χ0) is 14.5. The molecule has 1 rings (SSSR count). The summed E-state index contributed by atoms with van der Waals surface area (Å²) in [5, 5.41) is 2.57. The molecule has 0 aliphatic rings. The molecule has 0 fully saturated rings. The van der Waals surface area contributed by atoms with Crippen LogP contribution in [0.25, 0.3) is 0 Å². The molecule has 19 heavy (non-hydrogen) atoms. The van der Waals surface area contributed by atoms with E-state index in [2.05, 4.69) is 10.0 Å². The van der Waals surface area contributed by atoms with Crippen molar-refractivity contribution in [2.24, 2.45) is 0 Å². The maximum absolute atomic E-state index is 13.0. The van der Waals surface area contributed by atoms with Crippen molar-refractivity contribution in [2.45, 2.75) is 18.2 Å². The van der Waals surface area contributed by atoms with Crippen LogP contribution in [0.2, 0.25) is 10.0 Å². The summed E-state index contributed by atoms with van der Waals surface area (Å²) in [6.07, 6.45) is 0.961. The first kappa shape index (κ1) is 16.7. The van der Waals surface area contributed by atoms with Crippen LogP contribution in [0.5, 0.6) is 0 Å². The minimum Gasteiger partial charge on any atom is -0.315 e. The van der Waals surface area contributed by atoms with Gasteiger partial charge in [0.1, 0.15) is 10.7 Å². The van der Waals surface area contributed by atoms with Crippen LogP contribution in [-0.2, 0) is 10.0 Å². The molecule has 0 heterocycles. The molecule has 0 aromatic heterocycles. The van der Waals surface area contributed by atoms with Crippen LogP contribution in [0.4, 0.5) is 4.39 Å². The average molecular weight is 329 g/mol. The van der Waals surface area contributed by atoms with Crippen LogP contribution < -0.4 is 10.0 Å². The largest absolute Gasteiger partial charge is 0.315 e. The third-order valence-electron chi connectivity index (χ3n) is 2.25. The third-order valence-corrected chi connectivity index (χ3v) is 4.63. The van der Waals surface area contributed by atoms with E-state index in [0.29, 0.717) is 6.54 Å². The van der Waals surface area contributed by atoms with Crippen LogP contribution in [-0.4, -0.2) is 28.1 Å². The van der Waals surface area contributed by atoms with E-state index in [0.717, 1.165) is 25.1 Å². The molecule has 0 saturated carbocycles. The monoisotopic (exact) mass is 328 g/mol. The lowest BCUT2D eigenvalue weighted by molar-refractivity contribution is 0.575. The van der Waals surface area contributed by atoms with Gasteiger partial charge in [-0.15, -0.1) is 0 Å². The lowest BCUT2D eigenvalue weighted by Crippen LogP contribution is -2.32. The minimum atomic E-state index is -3.85. The third kappa shape index (κ3) is 4.89. The molecule has 0 atom stereocenters. The summed E-state index contributed by atoms with van der Waals surface area (Å²) in [6.45, 7) is 3.50. The second kappa shape index (κ2) is 7.40. The molecule has 1 aromatic carbocycles. The van der Waals surface area contributed by atoms with E-state index >= 15 is 0 Å². The topological polar surface area (TPSA) is 58.2 Å². The summed E-state index contributed by atoms with van der Waals surface area (Å²) in [7, 11) is -3.85. The summed E-state index contributed by atoms with van der Waals surface area (Å²) in [5.74, 6) is -0.682. The Morgan fingerprint density at radius 2 is 1.74 bits per heavy atom. The van der Waals surface area contributed by atoms with Gasteiger partial charge in [-0.05, 0) is 25.1 Å². The fraction of sp³-hybridized carbons (Fsp3) is 0.455. The molecule has 0 spiro atoms. The maximum atomic E-state index is 13.0. The number of sulfonamides is 1. The van der Waals surface area contributed by atoms with Gasteiger partial charge in [0, 0.05) is 13.1 Å². The minimum absolute atomic E-state index is 0.201. The van der Waals surface area contributed by atoms with Crippen LogP contribution in [0.3, 0.4) is 0 Å². The van der Waals surface area contributed by atoms with Crippen molar-refractivity contribution in [3.63, 3.8) is 0 Å². The molecule has 1 aromatic rings. The molecule has 0 bridgehead atoms. The number of benzene rings is 1. The van der Waals surface area contributed by atoms with Crippen LogP contribution in [0.1, 0.15) is 13.3 Å². The Hall–Kier alpha value is -0.400. The molecule has 0 aliphatic heterocycles. The number of nitrogens with one attached hydrogen (secondary N) is 2. The SMILES string of the molecule is CCCNCCNS(=O)(=O)c1c(Cl)cc(F)cc1Cl. The Balaban J connectivity index is 2.78. The van der Waals surface area contributed by atoms with E-state index < -0.39 is 15.8 Å². The summed E-state index contributed by atoms with van der Waals surface area (Å²) in [6, 6.07) is 1.83. The molecule has 0 aliphatic carbocycles. The average Bonchev–Trinajstić information content (AvgIpc) is 2.26. The van der Waals surface area contributed by atoms with Gasteiger partial charge in [-0.1, -0.05) is 30.1 Å². The van der Waals surface area contributed by atoms with Gasteiger partial charge < -0.3 is 5.32 Å². The first-order valence-corrected chi connectivity index (χ1v) is 7.97. The summed E-state index contributed by atoms with van der Waals surface area (Å²) >= 11 is 11.4. The fourth-order valence-corrected chi connectivity index (χ4v) is 3.65. The van der Waals surface area contributed by atoms with Crippen LogP contribution >= 0.6 is 23.2 Å². The molecular weight excluding hydrogens is 314 g/mol. The fourth-order valence-electron chi connectivity index (χ4n) is 1.43. The Morgan fingerprint density at radius 1 is 1.16 bits per heavy atom. The Morgan fingerprint density at radius 3 is 2.26 bits per heavy atom. The molecule has 0 radical (unpaired) electrons. The molecule has 4 nitrogen and oxygen atoms in total. The van der Waals surface area contributed by atoms with Crippen molar-refractivity contribution < 1.29 is 12.8 Å². The van der Waals surface area contributed by atoms with Crippen molar-refractivity contribution in [3.8, 4) is 0 Å². The lowest BCUT2D eigenvalue weighted by atomic mass is 10.3. The number of halogens is 3. The number of hydrogen-bond acceptors (Lipinski definition) is 3. The van der Waals surface area contributed by atoms with E-state index in [9.17, 15) is 12.8 Å². The molecule has 8 heteroatoms. The lowest BCUT2D eigenvalue weighted by Gasteiger charge is -2.10. The summed E-state index contributed by atoms with van der Waals surface area (Å²) < 4.78 is 39.3. The van der Waals surface area contributed by atoms with Gasteiger partial charge in [0.05, 0.1) is 10.0 Å². The Bertz CT molecular complexity index is 514.